The predicted molar refractivity (Wildman–Crippen MR) is 106 cm³/mol. The molecule has 0 bridgehead atoms. The largest absolute Gasteiger partial charge is 0.469 e. The molecule has 1 heterocycles. The molecule has 24 heavy (non-hydrogen) atoms. The van der Waals surface area contributed by atoms with Crippen LogP contribution in [0.15, 0.2) is 4.99 Å². The molecule has 1 saturated heterocycles. The minimum absolute atomic E-state index is 0. The van der Waals surface area contributed by atoms with Gasteiger partial charge in [-0.3, -0.25) is 9.79 Å². The van der Waals surface area contributed by atoms with Crippen LogP contribution >= 0.6 is 24.0 Å². The molecule has 2 fully saturated rings. The molecule has 0 radical (unpaired) electrons. The van der Waals surface area contributed by atoms with Gasteiger partial charge in [0.05, 0.1) is 13.0 Å². The molecule has 0 spiro atoms. The van der Waals surface area contributed by atoms with Crippen molar-refractivity contribution < 1.29 is 14.3 Å². The molecule has 7 heteroatoms. The van der Waals surface area contributed by atoms with Crippen molar-refractivity contribution in [3.63, 3.8) is 0 Å². The molecule has 2 atom stereocenters. The number of nitrogens with one attached hydrogen (secondary N) is 1. The third-order valence-corrected chi connectivity index (χ3v) is 5.50. The molecule has 6 nitrogen and oxygen atoms in total. The Balaban J connectivity index is 0.00000288. The molecule has 1 aliphatic heterocycles. The number of methoxy groups -OCH3 is 2. The summed E-state index contributed by atoms with van der Waals surface area (Å²) < 4.78 is 10.2. The van der Waals surface area contributed by atoms with E-state index in [-0.39, 0.29) is 41.8 Å². The van der Waals surface area contributed by atoms with Crippen molar-refractivity contribution >= 4 is 35.9 Å². The van der Waals surface area contributed by atoms with Gasteiger partial charge in [0.25, 0.3) is 0 Å². The normalized spacial score (nSPS) is 25.7. The molecule has 140 valence electrons. The van der Waals surface area contributed by atoms with Gasteiger partial charge in [0, 0.05) is 40.4 Å². The predicted octanol–water partition coefficient (Wildman–Crippen LogP) is 2.13. The summed E-state index contributed by atoms with van der Waals surface area (Å²) in [5.74, 6) is 0.995. The average molecular weight is 453 g/mol. The maximum Gasteiger partial charge on any atom is 0.310 e. The summed E-state index contributed by atoms with van der Waals surface area (Å²) in [6.45, 7) is 5.35. The zero-order valence-electron chi connectivity index (χ0n) is 15.3. The van der Waals surface area contributed by atoms with Crippen LogP contribution in [0, 0.1) is 17.3 Å². The van der Waals surface area contributed by atoms with E-state index in [2.05, 4.69) is 22.1 Å². The fraction of sp³-hybridized carbons (Fsp3) is 0.882. The number of hydrogen-bond donors (Lipinski definition) is 1. The fourth-order valence-electron chi connectivity index (χ4n) is 3.71. The molecule has 1 saturated carbocycles. The van der Waals surface area contributed by atoms with E-state index in [0.29, 0.717) is 12.0 Å². The number of rotatable bonds is 6. The molecule has 0 aromatic carbocycles. The number of ether oxygens (including phenoxy) is 2. The number of aliphatic imine (C=N–C) groups is 1. The van der Waals surface area contributed by atoms with Gasteiger partial charge in [-0.25, -0.2) is 0 Å². The molecule has 2 unspecified atom stereocenters. The van der Waals surface area contributed by atoms with E-state index in [1.165, 1.54) is 26.4 Å². The van der Waals surface area contributed by atoms with Gasteiger partial charge >= 0.3 is 5.97 Å². The van der Waals surface area contributed by atoms with Crippen LogP contribution in [0.3, 0.4) is 0 Å². The van der Waals surface area contributed by atoms with Crippen molar-refractivity contribution in [3.05, 3.63) is 0 Å². The van der Waals surface area contributed by atoms with E-state index in [1.54, 1.807) is 14.2 Å². The Hall–Kier alpha value is -0.570. The number of halogens is 1. The highest BCUT2D eigenvalue weighted by Crippen LogP contribution is 2.43. The number of guanidine groups is 1. The topological polar surface area (TPSA) is 63.2 Å². The first kappa shape index (κ1) is 21.5. The Labute approximate surface area is 162 Å². The van der Waals surface area contributed by atoms with Crippen molar-refractivity contribution in [2.24, 2.45) is 22.2 Å². The second-order valence-electron chi connectivity index (χ2n) is 7.01. The van der Waals surface area contributed by atoms with E-state index < -0.39 is 0 Å². The Morgan fingerprint density at radius 2 is 2.04 bits per heavy atom. The third-order valence-electron chi connectivity index (χ3n) is 5.50. The highest BCUT2D eigenvalue weighted by atomic mass is 127. The summed E-state index contributed by atoms with van der Waals surface area (Å²) in [4.78, 5) is 18.4. The zero-order chi connectivity index (χ0) is 16.9. The smallest absolute Gasteiger partial charge is 0.310 e. The van der Waals surface area contributed by atoms with Crippen LogP contribution in [0.2, 0.25) is 0 Å². The summed E-state index contributed by atoms with van der Waals surface area (Å²) in [5.41, 5.74) is 0.346. The first-order chi connectivity index (χ1) is 11.0. The van der Waals surface area contributed by atoms with E-state index >= 15 is 0 Å². The van der Waals surface area contributed by atoms with Crippen molar-refractivity contribution in [1.29, 1.82) is 0 Å². The lowest BCUT2D eigenvalue weighted by Crippen LogP contribution is -2.48. The second kappa shape index (κ2) is 9.79. The Kier molecular flexibility index (Phi) is 8.76. The Morgan fingerprint density at radius 1 is 1.33 bits per heavy atom. The summed E-state index contributed by atoms with van der Waals surface area (Å²) in [6.07, 6.45) is 4.90. The SMILES string of the molecule is CN=C(NCC1(CCOC)CCC1)N1CC(C)C(C(=O)OC)C1.I. The maximum absolute atomic E-state index is 11.8. The zero-order valence-corrected chi connectivity index (χ0v) is 17.7. The highest BCUT2D eigenvalue weighted by molar-refractivity contribution is 14.0. The first-order valence-electron chi connectivity index (χ1n) is 8.57. The number of likely N-dealkylation sites (tertiary alicyclic amines) is 1. The molecular weight excluding hydrogens is 421 g/mol. The quantitative estimate of drug-likeness (QED) is 0.289. The number of esters is 1. The first-order valence-corrected chi connectivity index (χ1v) is 8.57. The van der Waals surface area contributed by atoms with E-state index in [0.717, 1.165) is 32.1 Å². The molecule has 1 aliphatic carbocycles. The summed E-state index contributed by atoms with van der Waals surface area (Å²) >= 11 is 0. The minimum atomic E-state index is -0.119. The van der Waals surface area contributed by atoms with E-state index in [1.807, 2.05) is 0 Å². The highest BCUT2D eigenvalue weighted by Gasteiger charge is 2.39. The van der Waals surface area contributed by atoms with Crippen molar-refractivity contribution in [2.45, 2.75) is 32.6 Å². The monoisotopic (exact) mass is 453 g/mol. The maximum atomic E-state index is 11.8. The van der Waals surface area contributed by atoms with Gasteiger partial charge in [-0.05, 0) is 30.6 Å². The molecule has 0 amide bonds. The van der Waals surface area contributed by atoms with Gasteiger partial charge < -0.3 is 19.7 Å². The van der Waals surface area contributed by atoms with Crippen LogP contribution in [0.1, 0.15) is 32.6 Å². The lowest BCUT2D eigenvalue weighted by molar-refractivity contribution is -0.145. The third kappa shape index (κ3) is 4.97. The Bertz CT molecular complexity index is 441. The van der Waals surface area contributed by atoms with Gasteiger partial charge in [-0.15, -0.1) is 24.0 Å². The van der Waals surface area contributed by atoms with Gasteiger partial charge in [0.2, 0.25) is 0 Å². The van der Waals surface area contributed by atoms with Crippen molar-refractivity contribution in [3.8, 4) is 0 Å². The number of carbonyl (C=O) groups excluding carboxylic acids is 1. The van der Waals surface area contributed by atoms with Crippen LogP contribution in [-0.2, 0) is 14.3 Å². The number of carbonyl (C=O) groups is 1. The summed E-state index contributed by atoms with van der Waals surface area (Å²) in [7, 11) is 5.03. The second-order valence-corrected chi connectivity index (χ2v) is 7.01. The molecule has 0 aromatic rings. The van der Waals surface area contributed by atoms with E-state index in [4.69, 9.17) is 9.47 Å². The van der Waals surface area contributed by atoms with Gasteiger partial charge in [-0.2, -0.15) is 0 Å². The molecule has 0 aromatic heterocycles. The lowest BCUT2D eigenvalue weighted by Gasteiger charge is -2.42. The van der Waals surface area contributed by atoms with Crippen LogP contribution in [0.25, 0.3) is 0 Å². The average Bonchev–Trinajstić information content (AvgIpc) is 2.90. The number of nitrogens with zero attached hydrogens (tertiary/aromatic N) is 2. The standard InChI is InChI=1S/C17H31N3O3.HI/c1-13-10-20(11-14(13)15(21)23-4)16(18-2)19-12-17(6-5-7-17)8-9-22-3;/h13-14H,5-12H2,1-4H3,(H,18,19);1H. The molecule has 2 rings (SSSR count). The van der Waals surface area contributed by atoms with Gasteiger partial charge in [0.1, 0.15) is 0 Å². The molecule has 1 N–H and O–H groups in total. The Morgan fingerprint density at radius 3 is 2.54 bits per heavy atom. The molecular formula is C17H32IN3O3. The van der Waals surface area contributed by atoms with Crippen molar-refractivity contribution in [1.82, 2.24) is 10.2 Å². The lowest BCUT2D eigenvalue weighted by atomic mass is 9.67. The van der Waals surface area contributed by atoms with Gasteiger partial charge in [0.15, 0.2) is 5.96 Å². The van der Waals surface area contributed by atoms with E-state index in [9.17, 15) is 4.79 Å². The van der Waals surface area contributed by atoms with Crippen LogP contribution in [-0.4, -0.2) is 64.3 Å². The van der Waals surface area contributed by atoms with Gasteiger partial charge in [-0.1, -0.05) is 13.3 Å². The van der Waals surface area contributed by atoms with Crippen LogP contribution < -0.4 is 5.32 Å². The van der Waals surface area contributed by atoms with Crippen LogP contribution in [0.5, 0.6) is 0 Å². The summed E-state index contributed by atoms with van der Waals surface area (Å²) in [5, 5.41) is 3.53. The minimum Gasteiger partial charge on any atom is -0.469 e. The van der Waals surface area contributed by atoms with Crippen molar-refractivity contribution in [2.75, 3.05) is 47.5 Å². The fourth-order valence-corrected chi connectivity index (χ4v) is 3.71. The van der Waals surface area contributed by atoms with Crippen LogP contribution in [0.4, 0.5) is 0 Å². The molecule has 2 aliphatic rings. The summed E-state index contributed by atoms with van der Waals surface area (Å²) in [6, 6.07) is 0. The number of hydrogen-bond acceptors (Lipinski definition) is 4.